The summed E-state index contributed by atoms with van der Waals surface area (Å²) in [4.78, 5) is 25.3. The Balaban J connectivity index is 2.14. The summed E-state index contributed by atoms with van der Waals surface area (Å²) in [6.45, 7) is 0.00513. The fraction of sp³-hybridized carbons (Fsp3) is 0.385. The van der Waals surface area contributed by atoms with Gasteiger partial charge in [0.2, 0.25) is 11.8 Å². The number of aliphatic hydroxyl groups is 1. The average Bonchev–Trinajstić information content (AvgIpc) is 2.71. The lowest BCUT2D eigenvalue weighted by Gasteiger charge is -2.15. The summed E-state index contributed by atoms with van der Waals surface area (Å²) in [5.74, 6) is 0.716. The van der Waals surface area contributed by atoms with E-state index in [1.807, 2.05) is 0 Å². The molecule has 1 heterocycles. The van der Waals surface area contributed by atoms with Gasteiger partial charge in [-0.3, -0.25) is 9.59 Å². The number of amides is 2. The molecule has 2 rings (SSSR count). The first-order chi connectivity index (χ1) is 9.17. The minimum atomic E-state index is -0.387. The SMILES string of the molecule is COc1ccc(N2C(=O)C[C@@H](SCCO)C2=O)cc1. The lowest BCUT2D eigenvalue weighted by Crippen LogP contribution is -2.31. The minimum Gasteiger partial charge on any atom is -0.497 e. The molecule has 1 aliphatic heterocycles. The zero-order valence-electron chi connectivity index (χ0n) is 10.5. The number of nitrogens with zero attached hydrogens (tertiary/aromatic N) is 1. The second-order valence-corrected chi connectivity index (χ2v) is 5.36. The Morgan fingerprint density at radius 1 is 1.37 bits per heavy atom. The molecule has 0 radical (unpaired) electrons. The molecule has 6 heteroatoms. The molecule has 0 aromatic heterocycles. The van der Waals surface area contributed by atoms with Gasteiger partial charge in [-0.1, -0.05) is 0 Å². The van der Waals surface area contributed by atoms with Crippen LogP contribution in [0.3, 0.4) is 0 Å². The number of carbonyl (C=O) groups is 2. The largest absolute Gasteiger partial charge is 0.497 e. The van der Waals surface area contributed by atoms with Crippen LogP contribution in [-0.4, -0.2) is 41.6 Å². The van der Waals surface area contributed by atoms with Gasteiger partial charge >= 0.3 is 0 Å². The molecule has 19 heavy (non-hydrogen) atoms. The summed E-state index contributed by atoms with van der Waals surface area (Å²) < 4.78 is 5.04. The highest BCUT2D eigenvalue weighted by atomic mass is 32.2. The molecule has 0 aliphatic carbocycles. The zero-order valence-corrected chi connectivity index (χ0v) is 11.4. The van der Waals surface area contributed by atoms with Gasteiger partial charge in [0.25, 0.3) is 0 Å². The molecular weight excluding hydrogens is 266 g/mol. The standard InChI is InChI=1S/C13H15NO4S/c1-18-10-4-2-9(3-5-10)14-12(16)8-11(13(14)17)19-7-6-15/h2-5,11,15H,6-8H2,1H3/t11-/m1/s1. The second-order valence-electron chi connectivity index (χ2n) is 4.05. The van der Waals surface area contributed by atoms with E-state index in [1.165, 1.54) is 16.7 Å². The quantitative estimate of drug-likeness (QED) is 0.817. The number of methoxy groups -OCH3 is 1. The van der Waals surface area contributed by atoms with Gasteiger partial charge < -0.3 is 9.84 Å². The van der Waals surface area contributed by atoms with Crippen LogP contribution in [0.25, 0.3) is 0 Å². The predicted octanol–water partition coefficient (Wildman–Crippen LogP) is 1.05. The van der Waals surface area contributed by atoms with E-state index < -0.39 is 0 Å². The van der Waals surface area contributed by atoms with E-state index in [2.05, 4.69) is 0 Å². The highest BCUT2D eigenvalue weighted by Crippen LogP contribution is 2.30. The number of carbonyl (C=O) groups excluding carboxylic acids is 2. The van der Waals surface area contributed by atoms with Gasteiger partial charge in [0.1, 0.15) is 5.75 Å². The van der Waals surface area contributed by atoms with Crippen LogP contribution in [0.15, 0.2) is 24.3 Å². The van der Waals surface area contributed by atoms with Crippen LogP contribution in [0.2, 0.25) is 0 Å². The molecule has 0 saturated carbocycles. The number of imide groups is 1. The van der Waals surface area contributed by atoms with Crippen LogP contribution in [0.4, 0.5) is 5.69 Å². The third-order valence-corrected chi connectivity index (χ3v) is 4.04. The van der Waals surface area contributed by atoms with E-state index in [1.54, 1.807) is 31.4 Å². The smallest absolute Gasteiger partial charge is 0.247 e. The number of hydrogen-bond donors (Lipinski definition) is 1. The van der Waals surface area contributed by atoms with Gasteiger partial charge in [0.15, 0.2) is 0 Å². The first-order valence-corrected chi connectivity index (χ1v) is 6.95. The topological polar surface area (TPSA) is 66.8 Å². The van der Waals surface area contributed by atoms with Gasteiger partial charge in [0, 0.05) is 12.2 Å². The Labute approximate surface area is 115 Å². The maximum Gasteiger partial charge on any atom is 0.247 e. The van der Waals surface area contributed by atoms with Gasteiger partial charge in [-0.2, -0.15) is 0 Å². The summed E-state index contributed by atoms with van der Waals surface area (Å²) in [6.07, 6.45) is 0.190. The zero-order chi connectivity index (χ0) is 13.8. The number of ether oxygens (including phenoxy) is 1. The lowest BCUT2D eigenvalue weighted by molar-refractivity contribution is -0.121. The molecule has 1 aromatic rings. The predicted molar refractivity (Wildman–Crippen MR) is 73.4 cm³/mol. The fourth-order valence-electron chi connectivity index (χ4n) is 1.93. The highest BCUT2D eigenvalue weighted by Gasteiger charge is 2.39. The van der Waals surface area contributed by atoms with Crippen molar-refractivity contribution in [2.75, 3.05) is 24.4 Å². The number of aliphatic hydroxyl groups excluding tert-OH is 1. The van der Waals surface area contributed by atoms with E-state index in [-0.39, 0.29) is 30.1 Å². The van der Waals surface area contributed by atoms with Crippen LogP contribution in [0.1, 0.15) is 6.42 Å². The summed E-state index contributed by atoms with van der Waals surface area (Å²) in [7, 11) is 1.56. The Bertz CT molecular complexity index is 474. The number of thioether (sulfide) groups is 1. The highest BCUT2D eigenvalue weighted by molar-refractivity contribution is 8.00. The Hall–Kier alpha value is -1.53. The molecule has 2 amide bonds. The number of anilines is 1. The van der Waals surface area contributed by atoms with Crippen LogP contribution in [-0.2, 0) is 9.59 Å². The van der Waals surface area contributed by atoms with Crippen LogP contribution < -0.4 is 9.64 Å². The monoisotopic (exact) mass is 281 g/mol. The molecule has 1 saturated heterocycles. The number of hydrogen-bond acceptors (Lipinski definition) is 5. The Morgan fingerprint density at radius 2 is 2.05 bits per heavy atom. The van der Waals surface area contributed by atoms with Crippen molar-refractivity contribution in [3.05, 3.63) is 24.3 Å². The van der Waals surface area contributed by atoms with Gasteiger partial charge in [0.05, 0.1) is 24.7 Å². The summed E-state index contributed by atoms with van der Waals surface area (Å²) >= 11 is 1.32. The molecule has 0 spiro atoms. The normalized spacial score (nSPS) is 19.1. The molecule has 0 unspecified atom stereocenters. The third-order valence-electron chi connectivity index (χ3n) is 2.85. The molecule has 1 atom stereocenters. The molecule has 0 bridgehead atoms. The summed E-state index contributed by atoms with van der Waals surface area (Å²) in [6, 6.07) is 6.80. The second kappa shape index (κ2) is 6.08. The van der Waals surface area contributed by atoms with Gasteiger partial charge in [-0.15, -0.1) is 11.8 Å². The van der Waals surface area contributed by atoms with Crippen molar-refractivity contribution in [3.63, 3.8) is 0 Å². The first-order valence-electron chi connectivity index (χ1n) is 5.90. The maximum atomic E-state index is 12.1. The number of benzene rings is 1. The molecule has 5 nitrogen and oxygen atoms in total. The van der Waals surface area contributed by atoms with Crippen molar-refractivity contribution >= 4 is 29.3 Å². The third kappa shape index (κ3) is 2.90. The van der Waals surface area contributed by atoms with Crippen molar-refractivity contribution in [2.45, 2.75) is 11.7 Å². The maximum absolute atomic E-state index is 12.1. The molecule has 1 N–H and O–H groups in total. The van der Waals surface area contributed by atoms with Gasteiger partial charge in [-0.25, -0.2) is 4.90 Å². The summed E-state index contributed by atoms with van der Waals surface area (Å²) in [5, 5.41) is 8.39. The van der Waals surface area contributed by atoms with Crippen molar-refractivity contribution in [1.29, 1.82) is 0 Å². The molecular formula is C13H15NO4S. The minimum absolute atomic E-state index is 0.00513. The number of rotatable bonds is 5. The van der Waals surface area contributed by atoms with Crippen molar-refractivity contribution in [3.8, 4) is 5.75 Å². The van der Waals surface area contributed by atoms with E-state index in [0.717, 1.165) is 0 Å². The molecule has 1 aromatic carbocycles. The van der Waals surface area contributed by atoms with Gasteiger partial charge in [-0.05, 0) is 24.3 Å². The fourth-order valence-corrected chi connectivity index (χ4v) is 2.83. The van der Waals surface area contributed by atoms with Crippen molar-refractivity contribution in [2.24, 2.45) is 0 Å². The van der Waals surface area contributed by atoms with E-state index in [9.17, 15) is 9.59 Å². The molecule has 1 aliphatic rings. The summed E-state index contributed by atoms with van der Waals surface area (Å²) in [5.41, 5.74) is 0.558. The molecule has 1 fully saturated rings. The van der Waals surface area contributed by atoms with E-state index >= 15 is 0 Å². The van der Waals surface area contributed by atoms with Crippen LogP contribution >= 0.6 is 11.8 Å². The van der Waals surface area contributed by atoms with Crippen molar-refractivity contribution in [1.82, 2.24) is 0 Å². The lowest BCUT2D eigenvalue weighted by atomic mass is 10.3. The van der Waals surface area contributed by atoms with Crippen LogP contribution in [0, 0.1) is 0 Å². The van der Waals surface area contributed by atoms with Crippen LogP contribution in [0.5, 0.6) is 5.75 Å². The van der Waals surface area contributed by atoms with Crippen molar-refractivity contribution < 1.29 is 19.4 Å². The Morgan fingerprint density at radius 3 is 2.63 bits per heavy atom. The molecule has 102 valence electrons. The Kier molecular flexibility index (Phi) is 4.44. The average molecular weight is 281 g/mol. The van der Waals surface area contributed by atoms with E-state index in [4.69, 9.17) is 9.84 Å². The first kappa shape index (κ1) is 13.9. The van der Waals surface area contributed by atoms with E-state index in [0.29, 0.717) is 17.2 Å².